The zero-order valence-corrected chi connectivity index (χ0v) is 10.1. The van der Waals surface area contributed by atoms with E-state index in [9.17, 15) is 9.59 Å². The molecule has 0 radical (unpaired) electrons. The van der Waals surface area contributed by atoms with Gasteiger partial charge in [-0.2, -0.15) is 0 Å². The van der Waals surface area contributed by atoms with Gasteiger partial charge in [0.25, 0.3) is 5.91 Å². The minimum atomic E-state index is -0.636. The predicted molar refractivity (Wildman–Crippen MR) is 64.5 cm³/mol. The summed E-state index contributed by atoms with van der Waals surface area (Å²) in [5, 5.41) is 0.398. The molecule has 0 aliphatic rings. The molecule has 1 aromatic heterocycles. The van der Waals surface area contributed by atoms with E-state index in [0.717, 1.165) is 11.8 Å². The van der Waals surface area contributed by atoms with Gasteiger partial charge in [-0.25, -0.2) is 4.98 Å². The van der Waals surface area contributed by atoms with Crippen LogP contribution in [0.25, 0.3) is 0 Å². The van der Waals surface area contributed by atoms with E-state index in [2.05, 4.69) is 4.98 Å². The minimum Gasteiger partial charge on any atom is -0.465 e. The normalized spacial score (nSPS) is 9.94. The van der Waals surface area contributed by atoms with Gasteiger partial charge in [-0.3, -0.25) is 9.59 Å². The number of primary amides is 1. The highest BCUT2D eigenvalue weighted by molar-refractivity contribution is 8.00. The van der Waals surface area contributed by atoms with Gasteiger partial charge in [0.15, 0.2) is 0 Å². The molecule has 1 heterocycles. The van der Waals surface area contributed by atoms with E-state index in [0.29, 0.717) is 17.3 Å². The smallest absolute Gasteiger partial charge is 0.316 e. The molecule has 6 nitrogen and oxygen atoms in total. The van der Waals surface area contributed by atoms with Crippen LogP contribution in [0.15, 0.2) is 17.2 Å². The van der Waals surface area contributed by atoms with Gasteiger partial charge in [0, 0.05) is 0 Å². The highest BCUT2D eigenvalue weighted by Crippen LogP contribution is 2.22. The van der Waals surface area contributed by atoms with E-state index < -0.39 is 5.91 Å². The standard InChI is InChI=1S/C10H13N3O3S/c1-2-16-8(14)5-17-10-6(11)3-4-7(13-10)9(12)15/h3-4H,2,5,11H2,1H3,(H2,12,15). The van der Waals surface area contributed by atoms with Crippen molar-refractivity contribution in [2.75, 3.05) is 18.1 Å². The first-order valence-corrected chi connectivity index (χ1v) is 5.88. The fourth-order valence-corrected chi connectivity index (χ4v) is 1.77. The van der Waals surface area contributed by atoms with Crippen LogP contribution in [0.5, 0.6) is 0 Å². The topological polar surface area (TPSA) is 108 Å². The Morgan fingerprint density at radius 2 is 2.18 bits per heavy atom. The SMILES string of the molecule is CCOC(=O)CSc1nc(C(N)=O)ccc1N. The first-order chi connectivity index (χ1) is 8.04. The van der Waals surface area contributed by atoms with Gasteiger partial charge in [0.2, 0.25) is 0 Å². The molecule has 0 spiro atoms. The van der Waals surface area contributed by atoms with E-state index in [1.165, 1.54) is 12.1 Å². The summed E-state index contributed by atoms with van der Waals surface area (Å²) in [5.41, 5.74) is 11.3. The van der Waals surface area contributed by atoms with Crippen LogP contribution in [-0.4, -0.2) is 29.2 Å². The average Bonchev–Trinajstić information content (AvgIpc) is 2.28. The summed E-state index contributed by atoms with van der Waals surface area (Å²) in [4.78, 5) is 26.0. The second-order valence-corrected chi connectivity index (χ2v) is 4.01. The molecule has 0 saturated carbocycles. The molecule has 0 aliphatic carbocycles. The molecule has 92 valence electrons. The number of esters is 1. The maximum atomic E-state index is 11.1. The number of thioether (sulfide) groups is 1. The number of carbonyl (C=O) groups excluding carboxylic acids is 2. The first kappa shape index (κ1) is 13.3. The number of carbonyl (C=O) groups is 2. The summed E-state index contributed by atoms with van der Waals surface area (Å²) in [7, 11) is 0. The number of aromatic nitrogens is 1. The second-order valence-electron chi connectivity index (χ2n) is 3.05. The Hall–Kier alpha value is -1.76. The third kappa shape index (κ3) is 3.95. The number of nitrogen functional groups attached to an aromatic ring is 1. The van der Waals surface area contributed by atoms with Crippen LogP contribution in [0.3, 0.4) is 0 Å². The van der Waals surface area contributed by atoms with Crippen molar-refractivity contribution in [1.82, 2.24) is 4.98 Å². The van der Waals surface area contributed by atoms with E-state index in [-0.39, 0.29) is 17.4 Å². The number of hydrogen-bond donors (Lipinski definition) is 2. The Labute approximate surface area is 103 Å². The van der Waals surface area contributed by atoms with Gasteiger partial charge in [-0.05, 0) is 19.1 Å². The van der Waals surface area contributed by atoms with E-state index in [4.69, 9.17) is 16.2 Å². The van der Waals surface area contributed by atoms with Crippen LogP contribution in [0.4, 0.5) is 5.69 Å². The molecule has 7 heteroatoms. The number of rotatable bonds is 5. The molecular weight excluding hydrogens is 242 g/mol. The van der Waals surface area contributed by atoms with Gasteiger partial charge in [-0.1, -0.05) is 11.8 Å². The minimum absolute atomic E-state index is 0.0905. The predicted octanol–water partition coefficient (Wildman–Crippen LogP) is 0.418. The highest BCUT2D eigenvalue weighted by atomic mass is 32.2. The lowest BCUT2D eigenvalue weighted by Crippen LogP contribution is -2.14. The summed E-state index contributed by atoms with van der Waals surface area (Å²) in [5.74, 6) is -0.904. The lowest BCUT2D eigenvalue weighted by Gasteiger charge is -2.05. The maximum absolute atomic E-state index is 11.1. The molecular formula is C10H13N3O3S. The van der Waals surface area contributed by atoms with Gasteiger partial charge in [-0.15, -0.1) is 0 Å². The fraction of sp³-hybridized carbons (Fsp3) is 0.300. The van der Waals surface area contributed by atoms with Crippen LogP contribution < -0.4 is 11.5 Å². The third-order valence-electron chi connectivity index (χ3n) is 1.77. The molecule has 0 fully saturated rings. The van der Waals surface area contributed by atoms with Crippen LogP contribution in [0.1, 0.15) is 17.4 Å². The Bertz CT molecular complexity index is 437. The number of hydrogen-bond acceptors (Lipinski definition) is 6. The number of nitrogens with two attached hydrogens (primary N) is 2. The Kier molecular flexibility index (Phi) is 4.77. The number of pyridine rings is 1. The number of nitrogens with zero attached hydrogens (tertiary/aromatic N) is 1. The van der Waals surface area contributed by atoms with Crippen LogP contribution >= 0.6 is 11.8 Å². The van der Waals surface area contributed by atoms with Crippen LogP contribution in [0.2, 0.25) is 0 Å². The maximum Gasteiger partial charge on any atom is 0.316 e. The van der Waals surface area contributed by atoms with Crippen molar-refractivity contribution in [1.29, 1.82) is 0 Å². The monoisotopic (exact) mass is 255 g/mol. The zero-order chi connectivity index (χ0) is 12.8. The van der Waals surface area contributed by atoms with Crippen LogP contribution in [-0.2, 0) is 9.53 Å². The molecule has 1 rings (SSSR count). The fourth-order valence-electron chi connectivity index (χ4n) is 1.03. The van der Waals surface area contributed by atoms with E-state index in [1.54, 1.807) is 6.92 Å². The molecule has 1 amide bonds. The number of anilines is 1. The van der Waals surface area contributed by atoms with Crippen molar-refractivity contribution in [2.45, 2.75) is 11.9 Å². The van der Waals surface area contributed by atoms with E-state index >= 15 is 0 Å². The molecule has 0 atom stereocenters. The summed E-state index contributed by atoms with van der Waals surface area (Å²) >= 11 is 1.11. The molecule has 0 unspecified atom stereocenters. The number of ether oxygens (including phenoxy) is 1. The Morgan fingerprint density at radius 1 is 1.47 bits per heavy atom. The summed E-state index contributed by atoms with van der Waals surface area (Å²) in [6.45, 7) is 2.05. The van der Waals surface area contributed by atoms with Crippen LogP contribution in [0, 0.1) is 0 Å². The van der Waals surface area contributed by atoms with Crippen molar-refractivity contribution in [3.8, 4) is 0 Å². The Morgan fingerprint density at radius 3 is 2.76 bits per heavy atom. The Balaban J connectivity index is 2.73. The second kappa shape index (κ2) is 6.09. The lowest BCUT2D eigenvalue weighted by atomic mass is 10.3. The number of amides is 1. The van der Waals surface area contributed by atoms with Gasteiger partial charge < -0.3 is 16.2 Å². The molecule has 0 saturated heterocycles. The lowest BCUT2D eigenvalue weighted by molar-refractivity contribution is -0.139. The van der Waals surface area contributed by atoms with Gasteiger partial charge in [0.1, 0.15) is 10.7 Å². The van der Waals surface area contributed by atoms with Crippen molar-refractivity contribution >= 4 is 29.3 Å². The average molecular weight is 255 g/mol. The third-order valence-corrected chi connectivity index (χ3v) is 2.75. The zero-order valence-electron chi connectivity index (χ0n) is 9.30. The van der Waals surface area contributed by atoms with Crippen molar-refractivity contribution in [3.05, 3.63) is 17.8 Å². The molecule has 0 aromatic carbocycles. The summed E-state index contributed by atoms with van der Waals surface area (Å²) < 4.78 is 4.76. The van der Waals surface area contributed by atoms with E-state index in [1.807, 2.05) is 0 Å². The van der Waals surface area contributed by atoms with Gasteiger partial charge in [0.05, 0.1) is 18.0 Å². The van der Waals surface area contributed by atoms with Crippen molar-refractivity contribution in [2.24, 2.45) is 5.73 Å². The highest BCUT2D eigenvalue weighted by Gasteiger charge is 2.10. The molecule has 0 aliphatic heterocycles. The molecule has 0 bridgehead atoms. The quantitative estimate of drug-likeness (QED) is 0.583. The molecule has 1 aromatic rings. The molecule has 17 heavy (non-hydrogen) atoms. The van der Waals surface area contributed by atoms with Gasteiger partial charge >= 0.3 is 5.97 Å². The molecule has 4 N–H and O–H groups in total. The van der Waals surface area contributed by atoms with Crippen molar-refractivity contribution in [3.63, 3.8) is 0 Å². The summed E-state index contributed by atoms with van der Waals surface area (Å²) in [6, 6.07) is 2.96. The summed E-state index contributed by atoms with van der Waals surface area (Å²) in [6.07, 6.45) is 0. The largest absolute Gasteiger partial charge is 0.465 e. The first-order valence-electron chi connectivity index (χ1n) is 4.89. The van der Waals surface area contributed by atoms with Crippen molar-refractivity contribution < 1.29 is 14.3 Å².